The number of anilines is 2. The van der Waals surface area contributed by atoms with Gasteiger partial charge in [-0.25, -0.2) is 18.2 Å². The molecule has 0 aliphatic carbocycles. The average molecular weight is 634 g/mol. The SMILES string of the molecule is CCc1c([C@H](C)S(=O)(=O)c2ccc(C)cc2)[nH]c(=O)n1-c1ccc(N2CCN(c3ncc(C(F)(F)F)cc3Cl)CC2)cc1. The minimum absolute atomic E-state index is 0.0448. The van der Waals surface area contributed by atoms with Crippen molar-refractivity contribution < 1.29 is 21.6 Å². The molecule has 5 rings (SSSR count). The summed E-state index contributed by atoms with van der Waals surface area (Å²) in [5, 5.41) is -1.00. The number of nitrogens with one attached hydrogen (secondary N) is 1. The zero-order chi connectivity index (χ0) is 31.1. The molecule has 8 nitrogen and oxygen atoms in total. The highest BCUT2D eigenvalue weighted by molar-refractivity contribution is 7.91. The quantitative estimate of drug-likeness (QED) is 0.270. The number of H-pyrrole nitrogens is 1. The van der Waals surface area contributed by atoms with Crippen molar-refractivity contribution >= 4 is 32.9 Å². The first-order valence-electron chi connectivity index (χ1n) is 13.8. The van der Waals surface area contributed by atoms with Crippen LogP contribution in [0.1, 0.15) is 41.6 Å². The predicted molar refractivity (Wildman–Crippen MR) is 161 cm³/mol. The third-order valence-electron chi connectivity index (χ3n) is 7.78. The Balaban J connectivity index is 1.33. The highest BCUT2D eigenvalue weighted by atomic mass is 35.5. The molecule has 13 heteroatoms. The smallest absolute Gasteiger partial charge is 0.368 e. The molecule has 2 aromatic heterocycles. The Morgan fingerprint density at radius 2 is 1.56 bits per heavy atom. The van der Waals surface area contributed by atoms with Gasteiger partial charge in [0.15, 0.2) is 9.84 Å². The van der Waals surface area contributed by atoms with Gasteiger partial charge in [-0.15, -0.1) is 0 Å². The van der Waals surface area contributed by atoms with E-state index in [2.05, 4.69) is 14.9 Å². The zero-order valence-corrected chi connectivity index (χ0v) is 25.4. The fourth-order valence-corrected chi connectivity index (χ4v) is 7.05. The number of alkyl halides is 3. The highest BCUT2D eigenvalue weighted by Crippen LogP contribution is 2.34. The fraction of sp³-hybridized carbons (Fsp3) is 0.333. The largest absolute Gasteiger partial charge is 0.417 e. The van der Waals surface area contributed by atoms with Gasteiger partial charge < -0.3 is 14.8 Å². The summed E-state index contributed by atoms with van der Waals surface area (Å²) in [5.41, 5.74) is 2.12. The maximum atomic E-state index is 13.4. The van der Waals surface area contributed by atoms with Gasteiger partial charge in [0, 0.05) is 43.8 Å². The van der Waals surface area contributed by atoms with Gasteiger partial charge in [-0.3, -0.25) is 4.57 Å². The molecule has 1 aliphatic rings. The molecule has 0 radical (unpaired) electrons. The summed E-state index contributed by atoms with van der Waals surface area (Å²) in [6.07, 6.45) is -3.28. The second kappa shape index (κ2) is 11.7. The van der Waals surface area contributed by atoms with Crippen LogP contribution in [-0.2, 0) is 22.4 Å². The molecule has 1 atom stereocenters. The second-order valence-corrected chi connectivity index (χ2v) is 13.2. The number of piperazine rings is 1. The summed E-state index contributed by atoms with van der Waals surface area (Å²) in [6.45, 7) is 7.53. The lowest BCUT2D eigenvalue weighted by atomic mass is 10.2. The van der Waals surface area contributed by atoms with Crippen molar-refractivity contribution in [3.63, 3.8) is 0 Å². The number of aryl methyl sites for hydroxylation is 1. The predicted octanol–water partition coefficient (Wildman–Crippen LogP) is 5.97. The molecule has 1 saturated heterocycles. The zero-order valence-electron chi connectivity index (χ0n) is 23.8. The molecule has 228 valence electrons. The van der Waals surface area contributed by atoms with Crippen LogP contribution in [0.15, 0.2) is 70.5 Å². The number of halogens is 4. The number of hydrogen-bond acceptors (Lipinski definition) is 6. The summed E-state index contributed by atoms with van der Waals surface area (Å²) in [4.78, 5) is 24.1. The maximum absolute atomic E-state index is 13.4. The average Bonchev–Trinajstić information content (AvgIpc) is 3.32. The van der Waals surface area contributed by atoms with Crippen LogP contribution < -0.4 is 15.5 Å². The highest BCUT2D eigenvalue weighted by Gasteiger charge is 2.33. The van der Waals surface area contributed by atoms with E-state index in [1.807, 2.05) is 43.0 Å². The van der Waals surface area contributed by atoms with Crippen molar-refractivity contribution in [2.45, 2.75) is 43.5 Å². The number of imidazole rings is 1. The third-order valence-corrected chi connectivity index (χ3v) is 10.2. The van der Waals surface area contributed by atoms with Crippen molar-refractivity contribution in [2.75, 3.05) is 36.0 Å². The van der Waals surface area contributed by atoms with Gasteiger partial charge in [0.2, 0.25) is 0 Å². The molecule has 3 heterocycles. The normalized spacial score (nSPS) is 15.1. The molecule has 2 aromatic carbocycles. The molecule has 0 unspecified atom stereocenters. The van der Waals surface area contributed by atoms with Crippen LogP contribution >= 0.6 is 11.6 Å². The second-order valence-electron chi connectivity index (χ2n) is 10.5. The van der Waals surface area contributed by atoms with E-state index < -0.39 is 32.5 Å². The van der Waals surface area contributed by atoms with Gasteiger partial charge in [-0.2, -0.15) is 13.2 Å². The van der Waals surface area contributed by atoms with Crippen molar-refractivity contribution in [2.24, 2.45) is 0 Å². The van der Waals surface area contributed by atoms with E-state index in [4.69, 9.17) is 11.6 Å². The number of sulfone groups is 1. The first kappa shape index (κ1) is 30.7. The molecule has 1 N–H and O–H groups in total. The van der Waals surface area contributed by atoms with Crippen molar-refractivity contribution in [1.29, 1.82) is 0 Å². The van der Waals surface area contributed by atoms with E-state index in [0.717, 1.165) is 23.5 Å². The van der Waals surface area contributed by atoms with E-state index in [1.165, 1.54) is 4.57 Å². The number of aromatic nitrogens is 3. The van der Waals surface area contributed by atoms with Gasteiger partial charge in [-0.05, 0) is 62.7 Å². The van der Waals surface area contributed by atoms with Gasteiger partial charge >= 0.3 is 11.9 Å². The summed E-state index contributed by atoms with van der Waals surface area (Å²) in [7, 11) is -3.74. The molecule has 43 heavy (non-hydrogen) atoms. The summed E-state index contributed by atoms with van der Waals surface area (Å²) in [6, 6.07) is 14.9. The van der Waals surface area contributed by atoms with Gasteiger partial charge in [0.05, 0.1) is 26.9 Å². The Hall–Kier alpha value is -3.77. The lowest BCUT2D eigenvalue weighted by molar-refractivity contribution is -0.137. The Bertz CT molecular complexity index is 1780. The van der Waals surface area contributed by atoms with Gasteiger partial charge in [0.25, 0.3) is 0 Å². The molecule has 4 aromatic rings. The summed E-state index contributed by atoms with van der Waals surface area (Å²) in [5.74, 6) is 0.318. The number of benzene rings is 2. The summed E-state index contributed by atoms with van der Waals surface area (Å²) < 4.78 is 67.2. The molecule has 0 saturated carbocycles. The first-order valence-corrected chi connectivity index (χ1v) is 15.7. The molecule has 1 fully saturated rings. The molecular formula is C30H31ClF3N5O3S. The Labute approximate surface area is 252 Å². The minimum atomic E-state index is -4.51. The molecular weight excluding hydrogens is 603 g/mol. The Morgan fingerprint density at radius 3 is 2.12 bits per heavy atom. The number of nitrogens with zero attached hydrogens (tertiary/aromatic N) is 4. The standard InChI is InChI=1S/C30H31ClF3N5O3S/c1-4-26-27(20(3)43(41,42)24-11-5-19(2)6-12-24)36-29(40)39(26)23-9-7-22(8-10-23)37-13-15-38(16-14-37)28-25(31)17-21(18-35-28)30(32,33)34/h5-12,17-18,20H,4,13-16H2,1-3H3,(H,36,40)/t20-/m0/s1. The lowest BCUT2D eigenvalue weighted by Crippen LogP contribution is -2.47. The van der Waals surface area contributed by atoms with Crippen LogP contribution in [-0.4, -0.2) is 49.1 Å². The maximum Gasteiger partial charge on any atom is 0.417 e. The van der Waals surface area contributed by atoms with Crippen molar-refractivity contribution in [1.82, 2.24) is 14.5 Å². The number of hydrogen-bond donors (Lipinski definition) is 1. The molecule has 0 spiro atoms. The van der Waals surface area contributed by atoms with Crippen molar-refractivity contribution in [3.8, 4) is 5.69 Å². The van der Waals surface area contributed by atoms with Crippen molar-refractivity contribution in [3.05, 3.63) is 98.8 Å². The number of aromatic amines is 1. The number of pyridine rings is 1. The van der Waals surface area contributed by atoms with Gasteiger partial charge in [-0.1, -0.05) is 36.2 Å². The molecule has 1 aliphatic heterocycles. The lowest BCUT2D eigenvalue weighted by Gasteiger charge is -2.37. The first-order chi connectivity index (χ1) is 20.3. The van der Waals surface area contributed by atoms with Gasteiger partial charge in [0.1, 0.15) is 11.1 Å². The molecule has 0 bridgehead atoms. The van der Waals surface area contributed by atoms with E-state index in [1.54, 1.807) is 31.2 Å². The van der Waals surface area contributed by atoms with Crippen LogP contribution in [0.25, 0.3) is 5.69 Å². The van der Waals surface area contributed by atoms with Crippen LogP contribution in [0.4, 0.5) is 24.7 Å². The van der Waals surface area contributed by atoms with E-state index in [-0.39, 0.29) is 9.92 Å². The fourth-order valence-electron chi connectivity index (χ4n) is 5.34. The Kier molecular flexibility index (Phi) is 8.36. The minimum Gasteiger partial charge on any atom is -0.368 e. The van der Waals surface area contributed by atoms with Crippen LogP contribution in [0, 0.1) is 6.92 Å². The van der Waals surface area contributed by atoms with Crippen LogP contribution in [0.2, 0.25) is 5.02 Å². The van der Waals surface area contributed by atoms with E-state index >= 15 is 0 Å². The monoisotopic (exact) mass is 633 g/mol. The topological polar surface area (TPSA) is 91.3 Å². The van der Waals surface area contributed by atoms with Crippen LogP contribution in [0.3, 0.4) is 0 Å². The number of rotatable bonds is 7. The van der Waals surface area contributed by atoms with Crippen LogP contribution in [0.5, 0.6) is 0 Å². The molecule has 0 amide bonds. The Morgan fingerprint density at radius 1 is 0.977 bits per heavy atom. The third kappa shape index (κ3) is 6.03. The summed E-state index contributed by atoms with van der Waals surface area (Å²) >= 11 is 6.14. The van der Waals surface area contributed by atoms with E-state index in [0.29, 0.717) is 55.5 Å². The van der Waals surface area contributed by atoms with E-state index in [9.17, 15) is 26.4 Å².